The topological polar surface area (TPSA) is 149 Å². The second-order valence-corrected chi connectivity index (χ2v) is 9.52. The lowest BCUT2D eigenvalue weighted by Crippen LogP contribution is -2.22. The minimum Gasteiger partial charge on any atom is -0.443 e. The second-order valence-electron chi connectivity index (χ2n) is 9.52. The molecule has 0 radical (unpaired) electrons. The number of hydrogen-bond donors (Lipinski definition) is 3. The predicted molar refractivity (Wildman–Crippen MR) is 149 cm³/mol. The van der Waals surface area contributed by atoms with Gasteiger partial charge < -0.3 is 14.5 Å². The molecule has 41 heavy (non-hydrogen) atoms. The zero-order chi connectivity index (χ0) is 28.5. The van der Waals surface area contributed by atoms with Gasteiger partial charge in [-0.3, -0.25) is 10.4 Å². The van der Waals surface area contributed by atoms with Crippen LogP contribution in [0.2, 0.25) is 0 Å². The molecule has 0 bridgehead atoms. The van der Waals surface area contributed by atoms with E-state index in [1.807, 2.05) is 13.8 Å². The van der Waals surface area contributed by atoms with Gasteiger partial charge in [0, 0.05) is 30.1 Å². The Morgan fingerprint density at radius 2 is 2.00 bits per heavy atom. The molecule has 3 N–H and O–H groups in total. The van der Waals surface area contributed by atoms with Crippen LogP contribution in [0.5, 0.6) is 11.8 Å². The van der Waals surface area contributed by atoms with Crippen LogP contribution in [0.3, 0.4) is 0 Å². The van der Waals surface area contributed by atoms with E-state index in [1.165, 1.54) is 18.5 Å². The van der Waals surface area contributed by atoms with Gasteiger partial charge in [-0.1, -0.05) is 13.8 Å². The Hall–Kier alpha value is -5.59. The van der Waals surface area contributed by atoms with Gasteiger partial charge in [0.05, 0.1) is 29.0 Å². The molecule has 0 aliphatic heterocycles. The number of carbonyl (C=O) groups is 1. The van der Waals surface area contributed by atoms with E-state index in [1.54, 1.807) is 60.5 Å². The number of carbonyl (C=O) groups excluding carboxylic acids is 1. The Kier molecular flexibility index (Phi) is 6.59. The van der Waals surface area contributed by atoms with Gasteiger partial charge in [-0.2, -0.15) is 15.2 Å². The zero-order valence-corrected chi connectivity index (χ0v) is 22.2. The summed E-state index contributed by atoms with van der Waals surface area (Å²) in [5, 5.41) is 16.6. The molecule has 0 fully saturated rings. The van der Waals surface area contributed by atoms with Gasteiger partial charge in [0.1, 0.15) is 22.9 Å². The molecule has 0 saturated carbocycles. The van der Waals surface area contributed by atoms with E-state index < -0.39 is 11.8 Å². The molecule has 2 amide bonds. The largest absolute Gasteiger partial charge is 0.443 e. The predicted octanol–water partition coefficient (Wildman–Crippen LogP) is 6.20. The van der Waals surface area contributed by atoms with Crippen LogP contribution in [-0.2, 0) is 0 Å². The Balaban J connectivity index is 1.24. The fraction of sp³-hybridized carbons (Fsp3) is 0.143. The van der Waals surface area contributed by atoms with E-state index in [0.29, 0.717) is 33.9 Å². The van der Waals surface area contributed by atoms with Gasteiger partial charge in [-0.15, -0.1) is 0 Å². The third-order valence-electron chi connectivity index (χ3n) is 6.26. The van der Waals surface area contributed by atoms with Crippen molar-refractivity contribution < 1.29 is 18.3 Å². The SMILES string of the molecule is Cc1cc(F)c(NC(=O)Nc2cc(C(C)C)nn2-c2ccc3ocnc3c2)cc1Oc1nccc(-c2cn[nH]c2)n1. The summed E-state index contributed by atoms with van der Waals surface area (Å²) >= 11 is 0. The summed E-state index contributed by atoms with van der Waals surface area (Å²) < 4.78 is 27.7. The van der Waals surface area contributed by atoms with Gasteiger partial charge in [-0.05, 0) is 48.7 Å². The standard InChI is InChI=1S/C28H24FN9O3/c1-15(2)21-11-26(38(37-21)18-4-5-24-23(9-18)31-14-40-24)36-27(39)34-22-10-25(16(3)8-19(22)29)41-28-30-7-6-20(35-28)17-12-32-33-13-17/h4-15H,1-3H3,(H,32,33)(H2,34,36,39). The number of aromatic amines is 1. The number of nitrogens with zero attached hydrogens (tertiary/aromatic N) is 6. The lowest BCUT2D eigenvalue weighted by molar-refractivity contribution is 0.262. The maximum atomic E-state index is 14.9. The summed E-state index contributed by atoms with van der Waals surface area (Å²) in [5.41, 5.74) is 4.46. The molecular formula is C28H24FN9O3. The number of fused-ring (bicyclic) bond motifs is 1. The summed E-state index contributed by atoms with van der Waals surface area (Å²) in [5.74, 6) is 0.131. The van der Waals surface area contributed by atoms with Crippen molar-refractivity contribution in [2.24, 2.45) is 0 Å². The quantitative estimate of drug-likeness (QED) is 0.212. The molecule has 13 heteroatoms. The van der Waals surface area contributed by atoms with Gasteiger partial charge >= 0.3 is 12.0 Å². The number of amides is 2. The van der Waals surface area contributed by atoms with Crippen LogP contribution in [0, 0.1) is 12.7 Å². The van der Waals surface area contributed by atoms with E-state index in [2.05, 4.69) is 40.9 Å². The van der Waals surface area contributed by atoms with Crippen molar-refractivity contribution in [3.8, 4) is 28.7 Å². The molecule has 0 unspecified atom stereocenters. The van der Waals surface area contributed by atoms with Gasteiger partial charge in [0.15, 0.2) is 12.0 Å². The molecule has 0 aliphatic carbocycles. The van der Waals surface area contributed by atoms with Gasteiger partial charge in [-0.25, -0.2) is 23.8 Å². The highest BCUT2D eigenvalue weighted by atomic mass is 19.1. The Labute approximate surface area is 232 Å². The molecule has 2 aromatic carbocycles. The number of rotatable bonds is 7. The average molecular weight is 554 g/mol. The lowest BCUT2D eigenvalue weighted by atomic mass is 10.1. The normalized spacial score (nSPS) is 11.2. The van der Waals surface area contributed by atoms with Crippen molar-refractivity contribution in [1.82, 2.24) is 34.9 Å². The molecule has 0 aliphatic rings. The fourth-order valence-electron chi connectivity index (χ4n) is 4.11. The van der Waals surface area contributed by atoms with Gasteiger partial charge in [0.25, 0.3) is 0 Å². The minimum absolute atomic E-state index is 0.0583. The smallest absolute Gasteiger partial charge is 0.324 e. The molecule has 206 valence electrons. The summed E-state index contributed by atoms with van der Waals surface area (Å²) in [7, 11) is 0. The molecule has 6 aromatic rings. The monoisotopic (exact) mass is 553 g/mol. The lowest BCUT2D eigenvalue weighted by Gasteiger charge is -2.13. The zero-order valence-electron chi connectivity index (χ0n) is 22.2. The van der Waals surface area contributed by atoms with Crippen molar-refractivity contribution in [2.45, 2.75) is 26.7 Å². The summed E-state index contributed by atoms with van der Waals surface area (Å²) in [6.07, 6.45) is 6.22. The number of oxazole rings is 1. The Bertz CT molecular complexity index is 1860. The van der Waals surface area contributed by atoms with E-state index in [-0.39, 0.29) is 23.4 Å². The summed E-state index contributed by atoms with van der Waals surface area (Å²) in [6.45, 7) is 5.67. The number of urea groups is 1. The molecule has 0 atom stereocenters. The van der Waals surface area contributed by atoms with Crippen molar-refractivity contribution in [3.05, 3.63) is 84.5 Å². The van der Waals surface area contributed by atoms with Gasteiger partial charge in [0.2, 0.25) is 0 Å². The second kappa shape index (κ2) is 10.5. The number of H-pyrrole nitrogens is 1. The Morgan fingerprint density at radius 1 is 1.12 bits per heavy atom. The summed E-state index contributed by atoms with van der Waals surface area (Å²) in [4.78, 5) is 25.8. The molecule has 0 saturated heterocycles. The molecule has 6 rings (SSSR count). The average Bonchev–Trinajstić information content (AvgIpc) is 3.72. The first-order valence-electron chi connectivity index (χ1n) is 12.7. The van der Waals surface area contributed by atoms with Crippen molar-refractivity contribution in [3.63, 3.8) is 0 Å². The van der Waals surface area contributed by atoms with Crippen LogP contribution in [0.25, 0.3) is 28.0 Å². The van der Waals surface area contributed by atoms with E-state index >= 15 is 0 Å². The maximum Gasteiger partial charge on any atom is 0.324 e. The molecular weight excluding hydrogens is 529 g/mol. The highest BCUT2D eigenvalue weighted by Crippen LogP contribution is 2.30. The number of benzene rings is 2. The number of aryl methyl sites for hydroxylation is 1. The van der Waals surface area contributed by atoms with Crippen molar-refractivity contribution >= 4 is 28.6 Å². The van der Waals surface area contributed by atoms with Crippen molar-refractivity contribution in [2.75, 3.05) is 10.6 Å². The minimum atomic E-state index is -0.670. The number of nitrogens with one attached hydrogen (secondary N) is 3. The molecule has 4 heterocycles. The number of ether oxygens (including phenoxy) is 1. The number of halogens is 1. The first-order valence-corrected chi connectivity index (χ1v) is 12.7. The first-order chi connectivity index (χ1) is 19.8. The maximum absolute atomic E-state index is 14.9. The fourth-order valence-corrected chi connectivity index (χ4v) is 4.11. The van der Waals surface area contributed by atoms with Crippen LogP contribution < -0.4 is 15.4 Å². The highest BCUT2D eigenvalue weighted by Gasteiger charge is 2.18. The van der Waals surface area contributed by atoms with Crippen molar-refractivity contribution in [1.29, 1.82) is 0 Å². The molecule has 0 spiro atoms. The Morgan fingerprint density at radius 3 is 2.80 bits per heavy atom. The van der Waals surface area contributed by atoms with E-state index in [9.17, 15) is 9.18 Å². The third kappa shape index (κ3) is 5.32. The van der Waals surface area contributed by atoms with E-state index in [4.69, 9.17) is 9.15 Å². The highest BCUT2D eigenvalue weighted by molar-refractivity contribution is 5.99. The van der Waals surface area contributed by atoms with Crippen LogP contribution in [0.1, 0.15) is 31.0 Å². The van der Waals surface area contributed by atoms with Crippen LogP contribution in [-0.4, -0.2) is 41.0 Å². The number of hydrogen-bond acceptors (Lipinski definition) is 8. The third-order valence-corrected chi connectivity index (χ3v) is 6.26. The van der Waals surface area contributed by atoms with Crippen LogP contribution >= 0.6 is 0 Å². The number of anilines is 2. The first kappa shape index (κ1) is 25.7. The molecule has 12 nitrogen and oxygen atoms in total. The summed E-state index contributed by atoms with van der Waals surface area (Å²) in [6, 6.07) is 10.9. The number of aromatic nitrogens is 7. The van der Waals surface area contributed by atoms with Crippen LogP contribution in [0.4, 0.5) is 20.7 Å². The molecule has 4 aromatic heterocycles. The van der Waals surface area contributed by atoms with Crippen LogP contribution in [0.15, 0.2) is 71.9 Å². The van der Waals surface area contributed by atoms with E-state index in [0.717, 1.165) is 11.3 Å².